The normalized spacial score (nSPS) is 12.1. The van der Waals surface area contributed by atoms with Gasteiger partial charge in [-0.05, 0) is 56.5 Å². The smallest absolute Gasteiger partial charge is 0.346 e. The summed E-state index contributed by atoms with van der Waals surface area (Å²) in [7, 11) is 1.31. The lowest BCUT2D eigenvalue weighted by atomic mass is 10.2. The Hall–Kier alpha value is -0.590. The van der Waals surface area contributed by atoms with Gasteiger partial charge in [-0.15, -0.1) is 0 Å². The van der Waals surface area contributed by atoms with Crippen molar-refractivity contribution in [1.82, 2.24) is 0 Å². The molecule has 0 aliphatic carbocycles. The first-order valence-electron chi connectivity index (χ1n) is 4.82. The molecule has 0 fully saturated rings. The van der Waals surface area contributed by atoms with Crippen molar-refractivity contribution in [2.45, 2.75) is 19.6 Å². The zero-order valence-electron chi connectivity index (χ0n) is 9.37. The quantitative estimate of drug-likeness (QED) is 0.831. The molecule has 1 rings (SSSR count). The molecular weight excluding hydrogens is 356 g/mol. The van der Waals surface area contributed by atoms with E-state index in [0.717, 1.165) is 5.56 Å². The van der Waals surface area contributed by atoms with Crippen LogP contribution < -0.4 is 4.74 Å². The molecule has 6 heteroatoms. The van der Waals surface area contributed by atoms with Crippen LogP contribution in [0.3, 0.4) is 0 Å². The minimum Gasteiger partial charge on any atom is -0.477 e. The van der Waals surface area contributed by atoms with E-state index in [1.54, 1.807) is 19.1 Å². The Morgan fingerprint density at radius 2 is 1.94 bits per heavy atom. The maximum Gasteiger partial charge on any atom is 0.346 e. The fourth-order valence-electron chi connectivity index (χ4n) is 1.21. The first kappa shape index (κ1) is 14.5. The Labute approximate surface area is 116 Å². The van der Waals surface area contributed by atoms with E-state index in [1.165, 1.54) is 7.11 Å². The summed E-state index contributed by atoms with van der Waals surface area (Å²) >= 11 is 6.64. The summed E-state index contributed by atoms with van der Waals surface area (Å²) in [6.45, 7) is 1.54. The molecule has 0 aliphatic rings. The van der Waals surface area contributed by atoms with Gasteiger partial charge in [-0.2, -0.15) is 0 Å². The molecule has 0 radical (unpaired) electrons. The molecule has 1 atom stereocenters. The van der Waals surface area contributed by atoms with E-state index in [-0.39, 0.29) is 6.61 Å². The molecule has 0 saturated heterocycles. The van der Waals surface area contributed by atoms with Gasteiger partial charge in [0.1, 0.15) is 5.75 Å². The van der Waals surface area contributed by atoms with Crippen molar-refractivity contribution in [2.75, 3.05) is 7.11 Å². The molecule has 1 unspecified atom stereocenters. The first-order chi connectivity index (χ1) is 7.99. The zero-order chi connectivity index (χ0) is 13.0. The van der Waals surface area contributed by atoms with E-state index >= 15 is 0 Å². The van der Waals surface area contributed by atoms with Crippen molar-refractivity contribution in [3.63, 3.8) is 0 Å². The highest BCUT2D eigenvalue weighted by atomic mass is 79.9. The van der Waals surface area contributed by atoms with Gasteiger partial charge >= 0.3 is 5.97 Å². The van der Waals surface area contributed by atoms with E-state index in [4.69, 9.17) is 9.84 Å². The van der Waals surface area contributed by atoms with Gasteiger partial charge in [0.25, 0.3) is 0 Å². The third-order valence-electron chi connectivity index (χ3n) is 2.07. The molecule has 4 nitrogen and oxygen atoms in total. The molecule has 0 amide bonds. The molecular formula is C11H12Br2O4. The van der Waals surface area contributed by atoms with Gasteiger partial charge in [0.05, 0.1) is 22.7 Å². The Bertz CT molecular complexity index is 397. The van der Waals surface area contributed by atoms with Gasteiger partial charge in [0.2, 0.25) is 0 Å². The van der Waals surface area contributed by atoms with Crippen molar-refractivity contribution in [3.05, 3.63) is 26.6 Å². The largest absolute Gasteiger partial charge is 0.477 e. The standard InChI is InChI=1S/C11H12Br2O4/c1-6(11(15)16-2)17-10-8(12)3-7(5-14)4-9(10)13/h3-4,6,14H,5H2,1-2H3. The molecule has 0 heterocycles. The fraction of sp³-hybridized carbons (Fsp3) is 0.364. The maximum absolute atomic E-state index is 11.2. The predicted octanol–water partition coefficient (Wildman–Crippen LogP) is 2.64. The van der Waals surface area contributed by atoms with Crippen LogP contribution >= 0.6 is 31.9 Å². The highest BCUT2D eigenvalue weighted by Crippen LogP contribution is 2.35. The second-order valence-corrected chi connectivity index (χ2v) is 5.04. The lowest BCUT2D eigenvalue weighted by molar-refractivity contribution is -0.147. The lowest BCUT2D eigenvalue weighted by Crippen LogP contribution is -2.25. The highest BCUT2D eigenvalue weighted by molar-refractivity contribution is 9.11. The second kappa shape index (κ2) is 6.37. The molecule has 0 spiro atoms. The van der Waals surface area contributed by atoms with Crippen LogP contribution in [-0.2, 0) is 16.1 Å². The number of benzene rings is 1. The summed E-state index contributed by atoms with van der Waals surface area (Å²) in [6.07, 6.45) is -0.701. The van der Waals surface area contributed by atoms with Gasteiger partial charge in [0.15, 0.2) is 6.10 Å². The third-order valence-corrected chi connectivity index (χ3v) is 3.25. The summed E-state index contributed by atoms with van der Waals surface area (Å²) in [5.41, 5.74) is 0.738. The van der Waals surface area contributed by atoms with Crippen LogP contribution in [0.25, 0.3) is 0 Å². The molecule has 0 aliphatic heterocycles. The number of rotatable bonds is 4. The molecule has 94 valence electrons. The van der Waals surface area contributed by atoms with E-state index in [0.29, 0.717) is 14.7 Å². The van der Waals surface area contributed by atoms with Crippen molar-refractivity contribution in [3.8, 4) is 5.75 Å². The van der Waals surface area contributed by atoms with Crippen LogP contribution in [0.5, 0.6) is 5.75 Å². The Kier molecular flexibility index (Phi) is 5.42. The van der Waals surface area contributed by atoms with E-state index in [1.807, 2.05) is 0 Å². The molecule has 1 aromatic rings. The van der Waals surface area contributed by atoms with Crippen LogP contribution in [0.15, 0.2) is 21.1 Å². The van der Waals surface area contributed by atoms with Gasteiger partial charge in [-0.25, -0.2) is 4.79 Å². The minimum absolute atomic E-state index is 0.0654. The van der Waals surface area contributed by atoms with Crippen LogP contribution in [0.1, 0.15) is 12.5 Å². The monoisotopic (exact) mass is 366 g/mol. The average molecular weight is 368 g/mol. The molecule has 1 N–H and O–H groups in total. The Balaban J connectivity index is 2.95. The molecule has 0 aromatic heterocycles. The number of halogens is 2. The SMILES string of the molecule is COC(=O)C(C)Oc1c(Br)cc(CO)cc1Br. The molecule has 17 heavy (non-hydrogen) atoms. The Morgan fingerprint density at radius 3 is 2.35 bits per heavy atom. The molecule has 0 saturated carbocycles. The first-order valence-corrected chi connectivity index (χ1v) is 6.41. The number of hydrogen-bond acceptors (Lipinski definition) is 4. The molecule has 1 aromatic carbocycles. The summed E-state index contributed by atoms with van der Waals surface area (Å²) in [4.78, 5) is 11.2. The number of carbonyl (C=O) groups is 1. The lowest BCUT2D eigenvalue weighted by Gasteiger charge is -2.15. The van der Waals surface area contributed by atoms with Crippen LogP contribution in [0.2, 0.25) is 0 Å². The van der Waals surface area contributed by atoms with Gasteiger partial charge in [0, 0.05) is 0 Å². The summed E-state index contributed by atoms with van der Waals surface area (Å²) < 4.78 is 11.4. The summed E-state index contributed by atoms with van der Waals surface area (Å²) in [5.74, 6) is 0.0511. The van der Waals surface area contributed by atoms with Crippen LogP contribution in [0, 0.1) is 0 Å². The minimum atomic E-state index is -0.701. The van der Waals surface area contributed by atoms with Crippen molar-refractivity contribution < 1.29 is 19.4 Å². The number of methoxy groups -OCH3 is 1. The number of hydrogen-bond donors (Lipinski definition) is 1. The van der Waals surface area contributed by atoms with Gasteiger partial charge in [-0.3, -0.25) is 0 Å². The number of aliphatic hydroxyl groups is 1. The van der Waals surface area contributed by atoms with Crippen LogP contribution in [0.4, 0.5) is 0 Å². The summed E-state index contributed by atoms with van der Waals surface area (Å²) in [5, 5.41) is 9.03. The zero-order valence-corrected chi connectivity index (χ0v) is 12.5. The topological polar surface area (TPSA) is 55.8 Å². The fourth-order valence-corrected chi connectivity index (χ4v) is 2.68. The molecule has 0 bridgehead atoms. The van der Waals surface area contributed by atoms with E-state index in [9.17, 15) is 4.79 Å². The third kappa shape index (κ3) is 3.69. The number of esters is 1. The van der Waals surface area contributed by atoms with E-state index in [2.05, 4.69) is 36.6 Å². The number of aliphatic hydroxyl groups excluding tert-OH is 1. The van der Waals surface area contributed by atoms with Gasteiger partial charge in [-0.1, -0.05) is 0 Å². The average Bonchev–Trinajstić information content (AvgIpc) is 2.31. The summed E-state index contributed by atoms with van der Waals surface area (Å²) in [6, 6.07) is 3.45. The number of ether oxygens (including phenoxy) is 2. The highest BCUT2D eigenvalue weighted by Gasteiger charge is 2.18. The Morgan fingerprint density at radius 1 is 1.41 bits per heavy atom. The second-order valence-electron chi connectivity index (χ2n) is 3.33. The van der Waals surface area contributed by atoms with Crippen molar-refractivity contribution in [2.24, 2.45) is 0 Å². The maximum atomic E-state index is 11.2. The van der Waals surface area contributed by atoms with Gasteiger partial charge < -0.3 is 14.6 Å². The van der Waals surface area contributed by atoms with E-state index < -0.39 is 12.1 Å². The van der Waals surface area contributed by atoms with Crippen molar-refractivity contribution in [1.29, 1.82) is 0 Å². The van der Waals surface area contributed by atoms with Crippen molar-refractivity contribution >= 4 is 37.8 Å². The number of carbonyl (C=O) groups excluding carboxylic acids is 1. The predicted molar refractivity (Wildman–Crippen MR) is 69.9 cm³/mol. The van der Waals surface area contributed by atoms with Crippen LogP contribution in [-0.4, -0.2) is 24.3 Å².